The van der Waals surface area contributed by atoms with Crippen molar-refractivity contribution in [2.45, 2.75) is 23.9 Å². The van der Waals surface area contributed by atoms with Crippen LogP contribution in [-0.4, -0.2) is 69.4 Å². The van der Waals surface area contributed by atoms with E-state index in [4.69, 9.17) is 16.7 Å². The molecule has 2 saturated heterocycles. The zero-order valence-corrected chi connectivity index (χ0v) is 15.5. The fourth-order valence-electron chi connectivity index (χ4n) is 3.74. The third kappa shape index (κ3) is 3.90. The number of aromatic nitrogens is 1. The highest BCUT2D eigenvalue weighted by Gasteiger charge is 2.29. The summed E-state index contributed by atoms with van der Waals surface area (Å²) in [5.41, 5.74) is 6.69. The Balaban J connectivity index is 1.84. The number of piperidine rings is 1. The van der Waals surface area contributed by atoms with Crippen LogP contribution >= 0.6 is 0 Å². The summed E-state index contributed by atoms with van der Waals surface area (Å²) >= 11 is 0. The van der Waals surface area contributed by atoms with E-state index < -0.39 is 10.0 Å². The Kier molecular flexibility index (Phi) is 5.61. The van der Waals surface area contributed by atoms with E-state index in [1.165, 1.54) is 6.20 Å². The summed E-state index contributed by atoms with van der Waals surface area (Å²) in [4.78, 5) is 8.51. The Morgan fingerprint density at radius 1 is 1.23 bits per heavy atom. The first kappa shape index (κ1) is 18.8. The van der Waals surface area contributed by atoms with Crippen molar-refractivity contribution >= 4 is 21.5 Å². The van der Waals surface area contributed by atoms with Crippen LogP contribution in [0.3, 0.4) is 0 Å². The Labute approximate surface area is 153 Å². The fraction of sp³-hybridized carbons (Fsp3) is 0.600. The first-order valence-corrected chi connectivity index (χ1v) is 10.2. The lowest BCUT2D eigenvalue weighted by molar-refractivity contribution is 0.150. The normalized spacial score (nSPS) is 21.1. The molecular formula is C15H26N8O2S. The van der Waals surface area contributed by atoms with Gasteiger partial charge in [0.05, 0.1) is 11.3 Å². The topological polar surface area (TPSA) is 156 Å². The standard InChI is InChI=1S/C15H26N8O2S/c16-14(21-17)13-12(1-4-20-15(13)26(18,24)25)23-7-2-11(3-8-23)22-9-5-19-6-10-22/h1,4,11,19H,2-3,5-10,17H2,(H2,16,21)(H2,18,24,25). The monoisotopic (exact) mass is 382 g/mol. The zero-order chi connectivity index (χ0) is 18.7. The van der Waals surface area contributed by atoms with Crippen molar-refractivity contribution in [2.24, 2.45) is 21.8 Å². The maximum atomic E-state index is 11.9. The number of rotatable bonds is 4. The van der Waals surface area contributed by atoms with Crippen LogP contribution in [0.25, 0.3) is 0 Å². The van der Waals surface area contributed by atoms with Crippen LogP contribution in [0, 0.1) is 0 Å². The molecule has 7 N–H and O–H groups in total. The van der Waals surface area contributed by atoms with E-state index in [1.807, 2.05) is 0 Å². The average Bonchev–Trinajstić information content (AvgIpc) is 2.67. The lowest BCUT2D eigenvalue weighted by atomic mass is 10.0. The van der Waals surface area contributed by atoms with Gasteiger partial charge in [0.1, 0.15) is 0 Å². The van der Waals surface area contributed by atoms with Gasteiger partial charge in [-0.3, -0.25) is 4.90 Å². The number of nitrogens with one attached hydrogen (secondary N) is 1. The summed E-state index contributed by atoms with van der Waals surface area (Å²) in [6, 6.07) is 2.27. The SMILES string of the molecule is N/N=C(\N)c1c(N2CCC(N3CCNCC3)CC2)ccnc1S(N)(=O)=O. The van der Waals surface area contributed by atoms with Gasteiger partial charge in [-0.05, 0) is 18.9 Å². The van der Waals surface area contributed by atoms with Gasteiger partial charge in [0, 0.05) is 51.5 Å². The Morgan fingerprint density at radius 3 is 2.46 bits per heavy atom. The number of anilines is 1. The smallest absolute Gasteiger partial charge is 0.256 e. The van der Waals surface area contributed by atoms with Gasteiger partial charge in [0.15, 0.2) is 10.9 Å². The first-order valence-electron chi connectivity index (χ1n) is 8.67. The molecule has 144 valence electrons. The summed E-state index contributed by atoms with van der Waals surface area (Å²) in [7, 11) is -4.05. The molecule has 26 heavy (non-hydrogen) atoms. The van der Waals surface area contributed by atoms with Gasteiger partial charge < -0.3 is 21.8 Å². The molecule has 3 heterocycles. The first-order chi connectivity index (χ1) is 12.4. The Morgan fingerprint density at radius 2 is 1.88 bits per heavy atom. The van der Waals surface area contributed by atoms with Gasteiger partial charge in [-0.25, -0.2) is 18.5 Å². The Bertz CT molecular complexity index is 768. The van der Waals surface area contributed by atoms with Crippen LogP contribution in [-0.2, 0) is 10.0 Å². The van der Waals surface area contributed by atoms with E-state index in [0.29, 0.717) is 11.7 Å². The molecule has 0 amide bonds. The molecule has 2 aliphatic heterocycles. The van der Waals surface area contributed by atoms with Crippen molar-refractivity contribution in [3.05, 3.63) is 17.8 Å². The highest BCUT2D eigenvalue weighted by Crippen LogP contribution is 2.28. The minimum atomic E-state index is -4.05. The molecule has 3 rings (SSSR count). The minimum absolute atomic E-state index is 0.0960. The van der Waals surface area contributed by atoms with Crippen molar-refractivity contribution in [2.75, 3.05) is 44.2 Å². The molecule has 0 spiro atoms. The molecule has 2 fully saturated rings. The van der Waals surface area contributed by atoms with Gasteiger partial charge in [0.25, 0.3) is 10.0 Å². The molecular weight excluding hydrogens is 356 g/mol. The molecule has 0 aliphatic carbocycles. The van der Waals surface area contributed by atoms with E-state index in [2.05, 4.69) is 25.2 Å². The van der Waals surface area contributed by atoms with Gasteiger partial charge in [-0.1, -0.05) is 0 Å². The number of amidine groups is 1. The molecule has 0 atom stereocenters. The quantitative estimate of drug-likeness (QED) is 0.205. The van der Waals surface area contributed by atoms with Crippen molar-refractivity contribution in [1.29, 1.82) is 0 Å². The van der Waals surface area contributed by atoms with Gasteiger partial charge >= 0.3 is 0 Å². The number of primary sulfonamides is 1. The molecule has 0 unspecified atom stereocenters. The lowest BCUT2D eigenvalue weighted by Crippen LogP contribution is -2.52. The molecule has 0 saturated carbocycles. The zero-order valence-electron chi connectivity index (χ0n) is 14.6. The largest absolute Gasteiger partial charge is 0.382 e. The minimum Gasteiger partial charge on any atom is -0.382 e. The second-order valence-corrected chi connectivity index (χ2v) is 8.05. The van der Waals surface area contributed by atoms with E-state index in [1.54, 1.807) is 6.07 Å². The number of nitrogens with two attached hydrogens (primary N) is 3. The summed E-state index contributed by atoms with van der Waals surface area (Å²) in [5.74, 6) is 5.21. The summed E-state index contributed by atoms with van der Waals surface area (Å²) < 4.78 is 23.8. The number of sulfonamides is 1. The summed E-state index contributed by atoms with van der Waals surface area (Å²) in [6.45, 7) is 5.74. The highest BCUT2D eigenvalue weighted by atomic mass is 32.2. The molecule has 10 nitrogen and oxygen atoms in total. The van der Waals surface area contributed by atoms with Gasteiger partial charge in [0.2, 0.25) is 0 Å². The fourth-order valence-corrected chi connectivity index (χ4v) is 4.44. The second kappa shape index (κ2) is 7.74. The van der Waals surface area contributed by atoms with Gasteiger partial charge in [-0.2, -0.15) is 5.10 Å². The van der Waals surface area contributed by atoms with Crippen molar-refractivity contribution in [1.82, 2.24) is 15.2 Å². The van der Waals surface area contributed by atoms with Crippen LogP contribution in [0.5, 0.6) is 0 Å². The summed E-state index contributed by atoms with van der Waals surface area (Å²) in [5, 5.41) is 11.8. The lowest BCUT2D eigenvalue weighted by Gasteiger charge is -2.41. The third-order valence-corrected chi connectivity index (χ3v) is 5.88. The maximum absolute atomic E-state index is 11.9. The van der Waals surface area contributed by atoms with Crippen molar-refractivity contribution in [3.63, 3.8) is 0 Å². The molecule has 11 heteroatoms. The van der Waals surface area contributed by atoms with Gasteiger partial charge in [-0.15, -0.1) is 0 Å². The van der Waals surface area contributed by atoms with E-state index in [9.17, 15) is 8.42 Å². The molecule has 1 aromatic rings. The molecule has 0 radical (unpaired) electrons. The maximum Gasteiger partial charge on any atom is 0.256 e. The van der Waals surface area contributed by atoms with Crippen LogP contribution in [0.15, 0.2) is 22.4 Å². The number of hydrazone groups is 1. The van der Waals surface area contributed by atoms with E-state index in [0.717, 1.165) is 52.1 Å². The number of piperazine rings is 1. The predicted octanol–water partition coefficient (Wildman–Crippen LogP) is -1.82. The molecule has 0 aromatic carbocycles. The molecule has 1 aromatic heterocycles. The van der Waals surface area contributed by atoms with Crippen LogP contribution in [0.2, 0.25) is 0 Å². The second-order valence-electron chi connectivity index (χ2n) is 6.57. The van der Waals surface area contributed by atoms with E-state index >= 15 is 0 Å². The number of hydrogen-bond donors (Lipinski definition) is 4. The number of nitrogens with zero attached hydrogens (tertiary/aromatic N) is 4. The molecule has 2 aliphatic rings. The third-order valence-electron chi connectivity index (χ3n) is 5.03. The highest BCUT2D eigenvalue weighted by molar-refractivity contribution is 7.89. The van der Waals surface area contributed by atoms with Crippen molar-refractivity contribution in [3.8, 4) is 0 Å². The predicted molar refractivity (Wildman–Crippen MR) is 100 cm³/mol. The van der Waals surface area contributed by atoms with Crippen LogP contribution < -0.4 is 26.9 Å². The molecule has 0 bridgehead atoms. The number of pyridine rings is 1. The number of hydrogen-bond acceptors (Lipinski definition) is 8. The van der Waals surface area contributed by atoms with Crippen molar-refractivity contribution < 1.29 is 8.42 Å². The summed E-state index contributed by atoms with van der Waals surface area (Å²) in [6.07, 6.45) is 3.41. The Hall–Kier alpha value is -1.95. The average molecular weight is 382 g/mol. The van der Waals surface area contributed by atoms with Crippen LogP contribution in [0.4, 0.5) is 5.69 Å². The van der Waals surface area contributed by atoms with E-state index in [-0.39, 0.29) is 16.4 Å². The van der Waals surface area contributed by atoms with Crippen LogP contribution in [0.1, 0.15) is 18.4 Å².